The third-order valence-electron chi connectivity index (χ3n) is 6.17. The zero-order chi connectivity index (χ0) is 25.3. The molecule has 0 spiro atoms. The van der Waals surface area contributed by atoms with Gasteiger partial charge in [0.15, 0.2) is 21.8 Å². The first-order valence-corrected chi connectivity index (χ1v) is 12.0. The molecule has 1 saturated carbocycles. The third-order valence-corrected chi connectivity index (χ3v) is 7.28. The predicted octanol–water partition coefficient (Wildman–Crippen LogP) is 3.33. The summed E-state index contributed by atoms with van der Waals surface area (Å²) in [4.78, 5) is 17.8. The van der Waals surface area contributed by atoms with Crippen LogP contribution in [0.5, 0.6) is 5.75 Å². The number of alkyl halides is 5. The largest absolute Gasteiger partial charge is 0.484 e. The second-order valence-corrected chi connectivity index (χ2v) is 10.8. The van der Waals surface area contributed by atoms with Crippen LogP contribution in [-0.4, -0.2) is 60.7 Å². The molecule has 1 saturated heterocycles. The minimum absolute atomic E-state index is 0.0463. The minimum Gasteiger partial charge on any atom is -0.484 e. The predicted molar refractivity (Wildman–Crippen MR) is 105 cm³/mol. The fraction of sp³-hybridized carbons (Fsp3) is 0.550. The van der Waals surface area contributed by atoms with Crippen molar-refractivity contribution < 1.29 is 44.4 Å². The number of amides is 1. The Morgan fingerprint density at radius 3 is 2.53 bits per heavy atom. The summed E-state index contributed by atoms with van der Waals surface area (Å²) >= 11 is 0. The summed E-state index contributed by atoms with van der Waals surface area (Å²) < 4.78 is 99.5. The van der Waals surface area contributed by atoms with Crippen molar-refractivity contribution >= 4 is 15.7 Å². The number of rotatable bonds is 6. The average Bonchev–Trinajstić information content (AvgIpc) is 3.07. The van der Waals surface area contributed by atoms with Crippen LogP contribution in [0.2, 0.25) is 0 Å². The van der Waals surface area contributed by atoms with Gasteiger partial charge in [-0.05, 0) is 37.5 Å². The van der Waals surface area contributed by atoms with Gasteiger partial charge < -0.3 is 14.2 Å². The van der Waals surface area contributed by atoms with Crippen molar-refractivity contribution in [2.75, 3.05) is 19.3 Å². The van der Waals surface area contributed by atoms with Gasteiger partial charge in [0.25, 0.3) is 11.8 Å². The van der Waals surface area contributed by atoms with E-state index in [1.54, 1.807) is 0 Å². The lowest BCUT2D eigenvalue weighted by molar-refractivity contribution is -0.159. The van der Waals surface area contributed by atoms with Crippen LogP contribution in [-0.2, 0) is 21.4 Å². The lowest BCUT2D eigenvalue weighted by Gasteiger charge is -2.25. The monoisotopic (exact) mass is 509 g/mol. The van der Waals surface area contributed by atoms with E-state index in [4.69, 9.17) is 4.74 Å². The molecular weight excluding hydrogens is 489 g/mol. The van der Waals surface area contributed by atoms with Gasteiger partial charge in [-0.15, -0.1) is 0 Å². The summed E-state index contributed by atoms with van der Waals surface area (Å²) in [6.45, 7) is 1.83. The van der Waals surface area contributed by atoms with E-state index in [1.807, 2.05) is 0 Å². The van der Waals surface area contributed by atoms with Crippen LogP contribution in [0.3, 0.4) is 0 Å². The van der Waals surface area contributed by atoms with Crippen LogP contribution in [0.1, 0.15) is 42.3 Å². The van der Waals surface area contributed by atoms with Crippen molar-refractivity contribution in [3.05, 3.63) is 35.5 Å². The molecule has 0 bridgehead atoms. The second kappa shape index (κ2) is 7.62. The summed E-state index contributed by atoms with van der Waals surface area (Å²) in [6.07, 6.45) is -5.06. The highest BCUT2D eigenvalue weighted by Crippen LogP contribution is 2.58. The number of nitrogens with zero attached hydrogens (tertiary/aromatic N) is 3. The first-order valence-electron chi connectivity index (χ1n) is 10.1. The number of sulfone groups is 1. The highest BCUT2D eigenvalue weighted by Gasteiger charge is 2.65. The van der Waals surface area contributed by atoms with E-state index in [1.165, 1.54) is 4.90 Å². The molecule has 0 N–H and O–H groups in total. The van der Waals surface area contributed by atoms with Crippen LogP contribution in [0.15, 0.2) is 27.6 Å². The van der Waals surface area contributed by atoms with E-state index in [2.05, 4.69) is 14.7 Å². The van der Waals surface area contributed by atoms with E-state index in [9.17, 15) is 35.2 Å². The highest BCUT2D eigenvalue weighted by molar-refractivity contribution is 7.90. The van der Waals surface area contributed by atoms with E-state index < -0.39 is 45.3 Å². The number of piperidine rings is 1. The second-order valence-electron chi connectivity index (χ2n) is 8.81. The van der Waals surface area contributed by atoms with Gasteiger partial charge in [-0.1, -0.05) is 5.16 Å². The molecule has 14 heteroatoms. The van der Waals surface area contributed by atoms with Gasteiger partial charge in [-0.3, -0.25) is 4.79 Å². The summed E-state index contributed by atoms with van der Waals surface area (Å²) in [5.74, 6) is -6.07. The van der Waals surface area contributed by atoms with Gasteiger partial charge in [0.1, 0.15) is 5.75 Å². The third kappa shape index (κ3) is 4.34. The molecule has 2 aliphatic rings. The summed E-state index contributed by atoms with van der Waals surface area (Å²) in [5.41, 5.74) is -1.17. The quantitative estimate of drug-likeness (QED) is 0.551. The van der Waals surface area contributed by atoms with Gasteiger partial charge in [-0.25, -0.2) is 17.2 Å². The van der Waals surface area contributed by atoms with E-state index in [0.717, 1.165) is 31.4 Å². The van der Waals surface area contributed by atoms with Crippen LogP contribution >= 0.6 is 0 Å². The Labute approximate surface area is 191 Å². The molecule has 186 valence electrons. The Morgan fingerprint density at radius 1 is 1.29 bits per heavy atom. The number of benzene rings is 1. The molecule has 2 fully saturated rings. The van der Waals surface area contributed by atoms with Crippen LogP contribution in [0, 0.1) is 5.92 Å². The standard InChI is InChI=1S/C20H20F5N3O5S/c1-10(18(2,21)22)32-14-5-4-12(34(3,30)31)6-13(14)15(29)28-8-11-7-19(11,9-28)16-26-17(33-27-16)20(23,24)25/h4-6,10-11H,7-9H2,1-3H3. The molecule has 1 amide bonds. The topological polar surface area (TPSA) is 103 Å². The van der Waals surface area contributed by atoms with Crippen molar-refractivity contribution in [1.82, 2.24) is 15.0 Å². The maximum atomic E-state index is 13.7. The lowest BCUT2D eigenvalue weighted by atomic mass is 10.1. The Bertz CT molecular complexity index is 1240. The van der Waals surface area contributed by atoms with E-state index in [-0.39, 0.29) is 41.0 Å². The van der Waals surface area contributed by atoms with Crippen molar-refractivity contribution in [3.63, 3.8) is 0 Å². The van der Waals surface area contributed by atoms with E-state index in [0.29, 0.717) is 13.3 Å². The zero-order valence-electron chi connectivity index (χ0n) is 18.2. The van der Waals surface area contributed by atoms with Crippen molar-refractivity contribution in [2.24, 2.45) is 5.92 Å². The van der Waals surface area contributed by atoms with Crippen LogP contribution in [0.25, 0.3) is 0 Å². The smallest absolute Gasteiger partial charge is 0.471 e. The van der Waals surface area contributed by atoms with Gasteiger partial charge in [0, 0.05) is 26.3 Å². The normalized spacial score (nSPS) is 23.5. The van der Waals surface area contributed by atoms with Crippen LogP contribution in [0.4, 0.5) is 22.0 Å². The first-order chi connectivity index (χ1) is 15.5. The molecule has 1 aliphatic carbocycles. The average molecular weight is 509 g/mol. The molecule has 34 heavy (non-hydrogen) atoms. The number of aromatic nitrogens is 2. The number of carbonyl (C=O) groups is 1. The molecule has 3 atom stereocenters. The van der Waals surface area contributed by atoms with Gasteiger partial charge >= 0.3 is 12.1 Å². The molecule has 3 unspecified atom stereocenters. The Kier molecular flexibility index (Phi) is 5.46. The van der Waals surface area contributed by atoms with Crippen molar-refractivity contribution in [2.45, 2.75) is 48.8 Å². The Balaban J connectivity index is 1.63. The number of likely N-dealkylation sites (tertiary alicyclic amines) is 1. The highest BCUT2D eigenvalue weighted by atomic mass is 32.2. The van der Waals surface area contributed by atoms with Gasteiger partial charge in [0.05, 0.1) is 15.9 Å². The first kappa shape index (κ1) is 24.4. The molecule has 1 aromatic heterocycles. The fourth-order valence-corrected chi connectivity index (χ4v) is 4.65. The fourth-order valence-electron chi connectivity index (χ4n) is 4.00. The molecule has 4 rings (SSSR count). The van der Waals surface area contributed by atoms with Crippen molar-refractivity contribution in [1.29, 1.82) is 0 Å². The molecule has 1 aromatic carbocycles. The number of halogens is 5. The molecular formula is C20H20F5N3O5S. The number of hydrogen-bond donors (Lipinski definition) is 0. The minimum atomic E-state index is -4.81. The van der Waals surface area contributed by atoms with Gasteiger partial charge in [-0.2, -0.15) is 18.2 Å². The maximum Gasteiger partial charge on any atom is 0.471 e. The molecule has 8 nitrogen and oxygen atoms in total. The molecule has 0 radical (unpaired) electrons. The van der Waals surface area contributed by atoms with Crippen LogP contribution < -0.4 is 4.74 Å². The lowest BCUT2D eigenvalue weighted by Crippen LogP contribution is -2.35. The number of fused-ring (bicyclic) bond motifs is 1. The van der Waals surface area contributed by atoms with Crippen molar-refractivity contribution in [3.8, 4) is 5.75 Å². The summed E-state index contributed by atoms with van der Waals surface area (Å²) in [5, 5.41) is 3.44. The van der Waals surface area contributed by atoms with Gasteiger partial charge in [0.2, 0.25) is 0 Å². The SMILES string of the molecule is CC(Oc1ccc(S(C)(=O)=O)cc1C(=O)N1CC2CC2(c2noc(C(F)(F)F)n2)C1)C(C)(F)F. The Morgan fingerprint density at radius 2 is 1.97 bits per heavy atom. The molecule has 2 aromatic rings. The molecule has 1 aliphatic heterocycles. The number of ether oxygens (including phenoxy) is 1. The summed E-state index contributed by atoms with van der Waals surface area (Å²) in [7, 11) is -3.74. The zero-order valence-corrected chi connectivity index (χ0v) is 19.0. The summed E-state index contributed by atoms with van der Waals surface area (Å²) in [6, 6.07) is 3.32. The Hall–Kier alpha value is -2.77. The molecule has 2 heterocycles. The number of hydrogen-bond acceptors (Lipinski definition) is 7. The number of carbonyl (C=O) groups excluding carboxylic acids is 1. The van der Waals surface area contributed by atoms with E-state index >= 15 is 0 Å². The maximum absolute atomic E-state index is 13.7.